The van der Waals surface area contributed by atoms with Gasteiger partial charge in [0.15, 0.2) is 0 Å². The molecule has 0 spiro atoms. The van der Waals surface area contributed by atoms with E-state index < -0.39 is 0 Å². The van der Waals surface area contributed by atoms with Gasteiger partial charge in [-0.25, -0.2) is 0 Å². The Kier molecular flexibility index (Phi) is 5.49. The summed E-state index contributed by atoms with van der Waals surface area (Å²) in [5.74, 6) is 1.48. The van der Waals surface area contributed by atoms with Crippen molar-refractivity contribution in [1.29, 1.82) is 0 Å². The molecule has 0 saturated carbocycles. The van der Waals surface area contributed by atoms with Crippen LogP contribution in [0.15, 0.2) is 12.1 Å². The van der Waals surface area contributed by atoms with Gasteiger partial charge in [-0.15, -0.1) is 0 Å². The third kappa shape index (κ3) is 3.65. The van der Waals surface area contributed by atoms with Gasteiger partial charge in [0.05, 0.1) is 21.3 Å². The topological polar surface area (TPSA) is 44.8 Å². The first-order chi connectivity index (χ1) is 8.62. The third-order valence-corrected chi connectivity index (χ3v) is 2.85. The average Bonchev–Trinajstić information content (AvgIpc) is 2.39. The Morgan fingerprint density at radius 1 is 1.11 bits per heavy atom. The Balaban J connectivity index is 2.76. The zero-order chi connectivity index (χ0) is 13.5. The first-order valence-electron chi connectivity index (χ1n) is 5.90. The Hall–Kier alpha value is -1.71. The van der Waals surface area contributed by atoms with Crippen LogP contribution in [0, 0.1) is 6.92 Å². The van der Waals surface area contributed by atoms with E-state index in [1.807, 2.05) is 19.1 Å². The van der Waals surface area contributed by atoms with Crippen LogP contribution in [0.5, 0.6) is 11.5 Å². The molecule has 0 heterocycles. The van der Waals surface area contributed by atoms with E-state index in [0.29, 0.717) is 6.42 Å². The molecule has 1 aromatic rings. The quantitative estimate of drug-likeness (QED) is 0.730. The summed E-state index contributed by atoms with van der Waals surface area (Å²) in [5.41, 5.74) is 2.08. The summed E-state index contributed by atoms with van der Waals surface area (Å²) in [6, 6.07) is 3.91. The second-order valence-electron chi connectivity index (χ2n) is 4.06. The van der Waals surface area contributed by atoms with Crippen LogP contribution in [-0.4, -0.2) is 27.3 Å². The van der Waals surface area contributed by atoms with E-state index in [2.05, 4.69) is 4.74 Å². The molecule has 0 saturated heterocycles. The van der Waals surface area contributed by atoms with E-state index in [-0.39, 0.29) is 5.97 Å². The maximum absolute atomic E-state index is 11.1. The zero-order valence-corrected chi connectivity index (χ0v) is 11.4. The number of ether oxygens (including phenoxy) is 3. The van der Waals surface area contributed by atoms with Gasteiger partial charge in [0.1, 0.15) is 11.5 Å². The molecule has 1 aromatic carbocycles. The summed E-state index contributed by atoms with van der Waals surface area (Å²) in [4.78, 5) is 11.1. The van der Waals surface area contributed by atoms with Crippen molar-refractivity contribution < 1.29 is 19.0 Å². The number of aryl methyl sites for hydroxylation is 2. The molecule has 1 rings (SSSR count). The molecule has 0 aliphatic rings. The molecule has 0 atom stereocenters. The fraction of sp³-hybridized carbons (Fsp3) is 0.500. The lowest BCUT2D eigenvalue weighted by Gasteiger charge is -2.12. The molecule has 0 fully saturated rings. The smallest absolute Gasteiger partial charge is 0.305 e. The van der Waals surface area contributed by atoms with E-state index in [1.165, 1.54) is 7.11 Å². The van der Waals surface area contributed by atoms with Crippen LogP contribution in [0.2, 0.25) is 0 Å². The van der Waals surface area contributed by atoms with Crippen LogP contribution < -0.4 is 9.47 Å². The summed E-state index contributed by atoms with van der Waals surface area (Å²) in [7, 11) is 4.69. The van der Waals surface area contributed by atoms with Gasteiger partial charge in [0.2, 0.25) is 0 Å². The molecular weight excluding hydrogens is 232 g/mol. The minimum Gasteiger partial charge on any atom is -0.496 e. The van der Waals surface area contributed by atoms with Crippen LogP contribution in [0.25, 0.3) is 0 Å². The number of methoxy groups -OCH3 is 3. The molecule has 0 bridgehead atoms. The first-order valence-corrected chi connectivity index (χ1v) is 5.90. The second-order valence-corrected chi connectivity index (χ2v) is 4.06. The molecule has 4 nitrogen and oxygen atoms in total. The minimum atomic E-state index is -0.187. The van der Waals surface area contributed by atoms with Gasteiger partial charge in [-0.3, -0.25) is 4.79 Å². The Labute approximate surface area is 108 Å². The van der Waals surface area contributed by atoms with Crippen LogP contribution in [-0.2, 0) is 16.0 Å². The van der Waals surface area contributed by atoms with E-state index >= 15 is 0 Å². The normalized spacial score (nSPS) is 10.0. The molecule has 0 aliphatic heterocycles. The van der Waals surface area contributed by atoms with Gasteiger partial charge >= 0.3 is 5.97 Å². The summed E-state index contributed by atoms with van der Waals surface area (Å²) in [6.07, 6.45) is 1.90. The Morgan fingerprint density at radius 3 is 2.33 bits per heavy atom. The molecule has 0 radical (unpaired) electrons. The molecule has 0 unspecified atom stereocenters. The number of hydrogen-bond acceptors (Lipinski definition) is 4. The van der Waals surface area contributed by atoms with Crippen molar-refractivity contribution in [3.63, 3.8) is 0 Å². The van der Waals surface area contributed by atoms with E-state index in [0.717, 1.165) is 35.5 Å². The van der Waals surface area contributed by atoms with Crippen molar-refractivity contribution in [1.82, 2.24) is 0 Å². The molecule has 0 aliphatic carbocycles. The lowest BCUT2D eigenvalue weighted by Crippen LogP contribution is -2.02. The maximum atomic E-state index is 11.1. The monoisotopic (exact) mass is 252 g/mol. The predicted molar refractivity (Wildman–Crippen MR) is 69.2 cm³/mol. The Bertz CT molecular complexity index is 413. The number of hydrogen-bond donors (Lipinski definition) is 0. The maximum Gasteiger partial charge on any atom is 0.305 e. The zero-order valence-electron chi connectivity index (χ0n) is 11.4. The second kappa shape index (κ2) is 6.89. The van der Waals surface area contributed by atoms with E-state index in [1.54, 1.807) is 14.2 Å². The van der Waals surface area contributed by atoms with Gasteiger partial charge in [0.25, 0.3) is 0 Å². The molecule has 0 amide bonds. The summed E-state index contributed by atoms with van der Waals surface area (Å²) < 4.78 is 15.2. The van der Waals surface area contributed by atoms with E-state index in [4.69, 9.17) is 9.47 Å². The highest BCUT2D eigenvalue weighted by atomic mass is 16.5. The van der Waals surface area contributed by atoms with Crippen molar-refractivity contribution in [3.8, 4) is 11.5 Å². The van der Waals surface area contributed by atoms with Gasteiger partial charge in [0, 0.05) is 6.42 Å². The van der Waals surface area contributed by atoms with Crippen LogP contribution in [0.3, 0.4) is 0 Å². The molecule has 18 heavy (non-hydrogen) atoms. The predicted octanol–water partition coefficient (Wildman–Crippen LogP) is 2.51. The van der Waals surface area contributed by atoms with Crippen molar-refractivity contribution >= 4 is 5.97 Å². The molecule has 4 heteroatoms. The Morgan fingerprint density at radius 2 is 1.78 bits per heavy atom. The van der Waals surface area contributed by atoms with Crippen molar-refractivity contribution in [2.45, 2.75) is 26.2 Å². The molecule has 0 N–H and O–H groups in total. The SMILES string of the molecule is COC(=O)CCCc1cc(OC)c(C)cc1OC. The van der Waals surface area contributed by atoms with Crippen LogP contribution in [0.1, 0.15) is 24.0 Å². The largest absolute Gasteiger partial charge is 0.496 e. The first kappa shape index (κ1) is 14.4. The lowest BCUT2D eigenvalue weighted by atomic mass is 10.0. The highest BCUT2D eigenvalue weighted by molar-refractivity contribution is 5.69. The third-order valence-electron chi connectivity index (χ3n) is 2.85. The summed E-state index contributed by atoms with van der Waals surface area (Å²) >= 11 is 0. The summed E-state index contributed by atoms with van der Waals surface area (Å²) in [5, 5.41) is 0. The van der Waals surface area contributed by atoms with Crippen molar-refractivity contribution in [2.24, 2.45) is 0 Å². The average molecular weight is 252 g/mol. The highest BCUT2D eigenvalue weighted by Gasteiger charge is 2.09. The standard InChI is InChI=1S/C14H20O4/c1-10-8-13(17-3)11(9-12(10)16-2)6-5-7-14(15)18-4/h8-9H,5-7H2,1-4H3. The number of esters is 1. The van der Waals surface area contributed by atoms with Crippen LogP contribution >= 0.6 is 0 Å². The van der Waals surface area contributed by atoms with Crippen molar-refractivity contribution in [2.75, 3.05) is 21.3 Å². The fourth-order valence-electron chi connectivity index (χ4n) is 1.83. The number of benzene rings is 1. The number of rotatable bonds is 6. The van der Waals surface area contributed by atoms with Crippen molar-refractivity contribution in [3.05, 3.63) is 23.3 Å². The van der Waals surface area contributed by atoms with Gasteiger partial charge in [-0.2, -0.15) is 0 Å². The molecule has 0 aromatic heterocycles. The number of carbonyl (C=O) groups excluding carboxylic acids is 1. The minimum absolute atomic E-state index is 0.187. The fourth-order valence-corrected chi connectivity index (χ4v) is 1.83. The van der Waals surface area contributed by atoms with Gasteiger partial charge in [-0.1, -0.05) is 0 Å². The number of carbonyl (C=O) groups is 1. The van der Waals surface area contributed by atoms with Gasteiger partial charge in [-0.05, 0) is 43.0 Å². The van der Waals surface area contributed by atoms with Crippen LogP contribution in [0.4, 0.5) is 0 Å². The lowest BCUT2D eigenvalue weighted by molar-refractivity contribution is -0.140. The van der Waals surface area contributed by atoms with Gasteiger partial charge < -0.3 is 14.2 Å². The highest BCUT2D eigenvalue weighted by Crippen LogP contribution is 2.29. The molecular formula is C14H20O4. The molecule has 100 valence electrons. The van der Waals surface area contributed by atoms with E-state index in [9.17, 15) is 4.79 Å². The summed E-state index contributed by atoms with van der Waals surface area (Å²) in [6.45, 7) is 1.97.